The second kappa shape index (κ2) is 9.06. The molecule has 0 saturated heterocycles. The van der Waals surface area contributed by atoms with E-state index in [2.05, 4.69) is 26.7 Å². The quantitative estimate of drug-likeness (QED) is 0.669. The highest BCUT2D eigenvalue weighted by Crippen LogP contribution is 2.26. The lowest BCUT2D eigenvalue weighted by molar-refractivity contribution is 0.342. The fraction of sp³-hybridized carbons (Fsp3) is 0.400. The summed E-state index contributed by atoms with van der Waals surface area (Å²) in [6, 6.07) is 9.73. The Balaban J connectivity index is 1.59. The van der Waals surface area contributed by atoms with Crippen molar-refractivity contribution in [3.05, 3.63) is 48.2 Å². The molecule has 1 aromatic carbocycles. The van der Waals surface area contributed by atoms with Crippen molar-refractivity contribution in [3.63, 3.8) is 0 Å². The van der Waals surface area contributed by atoms with Crippen molar-refractivity contribution in [1.82, 2.24) is 9.97 Å². The molecule has 2 aromatic rings. The van der Waals surface area contributed by atoms with E-state index in [-0.39, 0.29) is 0 Å². The number of allylic oxidation sites excluding steroid dienone is 1. The molecule has 0 aliphatic heterocycles. The molecule has 0 amide bonds. The van der Waals surface area contributed by atoms with Crippen LogP contribution in [0.3, 0.4) is 0 Å². The van der Waals surface area contributed by atoms with Crippen molar-refractivity contribution >= 4 is 17.5 Å². The van der Waals surface area contributed by atoms with Crippen molar-refractivity contribution < 1.29 is 4.74 Å². The van der Waals surface area contributed by atoms with Gasteiger partial charge in [0, 0.05) is 12.7 Å². The van der Waals surface area contributed by atoms with Gasteiger partial charge in [0.25, 0.3) is 0 Å². The van der Waals surface area contributed by atoms with E-state index in [1.54, 1.807) is 11.8 Å². The van der Waals surface area contributed by atoms with E-state index in [0.29, 0.717) is 12.6 Å². The molecule has 5 nitrogen and oxygen atoms in total. The number of nitrogens with zero attached hydrogens (tertiary/aromatic N) is 2. The molecule has 25 heavy (non-hydrogen) atoms. The summed E-state index contributed by atoms with van der Waals surface area (Å²) in [5, 5.41) is 6.63. The number of nitrogens with one attached hydrogen (secondary N) is 2. The number of benzene rings is 1. The van der Waals surface area contributed by atoms with Gasteiger partial charge >= 0.3 is 0 Å². The Kier molecular flexibility index (Phi) is 6.26. The van der Waals surface area contributed by atoms with Gasteiger partial charge in [-0.3, -0.25) is 0 Å². The van der Waals surface area contributed by atoms with E-state index >= 15 is 0 Å². The van der Waals surface area contributed by atoms with Gasteiger partial charge in [-0.15, -0.1) is 0 Å². The standard InChI is InChI=1S/C20H26N4O/c1-2-25-18-11-7-6-10-17(18)23-19-13-15-22-20(24-19)21-14-12-16-8-4-3-5-9-16/h6-8,10-11,13,15H,2-5,9,12,14H2,1H3,(H2,21,22,23,24). The van der Waals surface area contributed by atoms with Gasteiger partial charge in [-0.25, -0.2) is 4.98 Å². The van der Waals surface area contributed by atoms with Crippen LogP contribution in [-0.4, -0.2) is 23.1 Å². The molecule has 5 heteroatoms. The number of anilines is 3. The summed E-state index contributed by atoms with van der Waals surface area (Å²) in [7, 11) is 0. The molecule has 1 aromatic heterocycles. The molecule has 0 radical (unpaired) electrons. The predicted octanol–water partition coefficient (Wildman–Crippen LogP) is 4.92. The number of aromatic nitrogens is 2. The van der Waals surface area contributed by atoms with Crippen LogP contribution in [-0.2, 0) is 0 Å². The average Bonchev–Trinajstić information content (AvgIpc) is 2.65. The highest BCUT2D eigenvalue weighted by molar-refractivity contribution is 5.64. The zero-order valence-corrected chi connectivity index (χ0v) is 14.8. The molecule has 3 rings (SSSR count). The first-order chi connectivity index (χ1) is 12.3. The zero-order chi connectivity index (χ0) is 17.3. The largest absolute Gasteiger partial charge is 0.492 e. The molecule has 132 valence electrons. The maximum Gasteiger partial charge on any atom is 0.224 e. The summed E-state index contributed by atoms with van der Waals surface area (Å²) < 4.78 is 5.64. The van der Waals surface area contributed by atoms with Gasteiger partial charge in [0.15, 0.2) is 0 Å². The minimum Gasteiger partial charge on any atom is -0.492 e. The second-order valence-corrected chi connectivity index (χ2v) is 6.10. The fourth-order valence-electron chi connectivity index (χ4n) is 2.97. The van der Waals surface area contributed by atoms with Crippen LogP contribution in [0, 0.1) is 0 Å². The molecule has 0 unspecified atom stereocenters. The molecular weight excluding hydrogens is 312 g/mol. The van der Waals surface area contributed by atoms with Crippen LogP contribution in [0.4, 0.5) is 17.5 Å². The Labute approximate surface area is 149 Å². The lowest BCUT2D eigenvalue weighted by Crippen LogP contribution is -2.08. The third-order valence-electron chi connectivity index (χ3n) is 4.22. The number of hydrogen-bond acceptors (Lipinski definition) is 5. The molecule has 0 saturated carbocycles. The maximum absolute atomic E-state index is 5.64. The zero-order valence-electron chi connectivity index (χ0n) is 14.8. The highest BCUT2D eigenvalue weighted by Gasteiger charge is 2.06. The molecule has 0 fully saturated rings. The van der Waals surface area contributed by atoms with E-state index in [1.807, 2.05) is 37.3 Å². The number of para-hydroxylation sites is 2. The Morgan fingerprint density at radius 3 is 2.92 bits per heavy atom. The normalized spacial score (nSPS) is 13.9. The molecule has 0 atom stereocenters. The van der Waals surface area contributed by atoms with E-state index in [0.717, 1.165) is 30.2 Å². The molecule has 0 bridgehead atoms. The van der Waals surface area contributed by atoms with E-state index < -0.39 is 0 Å². The molecular formula is C20H26N4O. The third-order valence-corrected chi connectivity index (χ3v) is 4.22. The Morgan fingerprint density at radius 1 is 1.16 bits per heavy atom. The smallest absolute Gasteiger partial charge is 0.224 e. The van der Waals surface area contributed by atoms with Gasteiger partial charge in [-0.05, 0) is 57.2 Å². The summed E-state index contributed by atoms with van der Waals surface area (Å²) >= 11 is 0. The van der Waals surface area contributed by atoms with Gasteiger partial charge in [0.05, 0.1) is 12.3 Å². The highest BCUT2D eigenvalue weighted by atomic mass is 16.5. The maximum atomic E-state index is 5.64. The molecule has 1 heterocycles. The predicted molar refractivity (Wildman–Crippen MR) is 103 cm³/mol. The van der Waals surface area contributed by atoms with Crippen molar-refractivity contribution in [3.8, 4) is 5.75 Å². The van der Waals surface area contributed by atoms with Gasteiger partial charge in [-0.2, -0.15) is 4.98 Å². The monoisotopic (exact) mass is 338 g/mol. The minimum absolute atomic E-state index is 0.630. The van der Waals surface area contributed by atoms with Crippen LogP contribution >= 0.6 is 0 Å². The van der Waals surface area contributed by atoms with Crippen LogP contribution in [0.5, 0.6) is 5.75 Å². The summed E-state index contributed by atoms with van der Waals surface area (Å²) in [5.74, 6) is 2.22. The van der Waals surface area contributed by atoms with Crippen molar-refractivity contribution in [2.75, 3.05) is 23.8 Å². The van der Waals surface area contributed by atoms with E-state index in [1.165, 1.54) is 25.7 Å². The van der Waals surface area contributed by atoms with Crippen molar-refractivity contribution in [2.24, 2.45) is 0 Å². The number of hydrogen-bond donors (Lipinski definition) is 2. The Hall–Kier alpha value is -2.56. The van der Waals surface area contributed by atoms with Gasteiger partial charge in [-0.1, -0.05) is 23.8 Å². The first-order valence-corrected chi connectivity index (χ1v) is 9.09. The van der Waals surface area contributed by atoms with Crippen LogP contribution in [0.15, 0.2) is 48.2 Å². The van der Waals surface area contributed by atoms with Crippen molar-refractivity contribution in [1.29, 1.82) is 0 Å². The molecule has 0 spiro atoms. The first-order valence-electron chi connectivity index (χ1n) is 9.09. The van der Waals surface area contributed by atoms with Crippen LogP contribution < -0.4 is 15.4 Å². The summed E-state index contributed by atoms with van der Waals surface area (Å²) in [6.45, 7) is 3.47. The van der Waals surface area contributed by atoms with E-state index in [4.69, 9.17) is 4.74 Å². The van der Waals surface area contributed by atoms with E-state index in [9.17, 15) is 0 Å². The Morgan fingerprint density at radius 2 is 2.08 bits per heavy atom. The van der Waals surface area contributed by atoms with Gasteiger partial charge in [0.1, 0.15) is 11.6 Å². The molecule has 1 aliphatic rings. The lowest BCUT2D eigenvalue weighted by Gasteiger charge is -2.14. The fourth-order valence-corrected chi connectivity index (χ4v) is 2.97. The number of ether oxygens (including phenoxy) is 1. The Bertz CT molecular complexity index is 714. The van der Waals surface area contributed by atoms with Gasteiger partial charge in [0.2, 0.25) is 5.95 Å². The topological polar surface area (TPSA) is 59.1 Å². The van der Waals surface area contributed by atoms with Crippen LogP contribution in [0.1, 0.15) is 39.0 Å². The number of rotatable bonds is 8. The van der Waals surface area contributed by atoms with Crippen LogP contribution in [0.2, 0.25) is 0 Å². The first kappa shape index (κ1) is 17.3. The van der Waals surface area contributed by atoms with Crippen LogP contribution in [0.25, 0.3) is 0 Å². The molecule has 1 aliphatic carbocycles. The minimum atomic E-state index is 0.630. The van der Waals surface area contributed by atoms with Crippen molar-refractivity contribution in [2.45, 2.75) is 39.0 Å². The molecule has 2 N–H and O–H groups in total. The summed E-state index contributed by atoms with van der Waals surface area (Å²) in [4.78, 5) is 8.85. The second-order valence-electron chi connectivity index (χ2n) is 6.10. The summed E-state index contributed by atoms with van der Waals surface area (Å²) in [5.41, 5.74) is 2.46. The average molecular weight is 338 g/mol. The SMILES string of the molecule is CCOc1ccccc1Nc1ccnc(NCCC2=CCCCC2)n1. The summed E-state index contributed by atoms with van der Waals surface area (Å²) in [6.07, 6.45) is 10.3. The van der Waals surface area contributed by atoms with Gasteiger partial charge < -0.3 is 15.4 Å². The lowest BCUT2D eigenvalue weighted by atomic mass is 9.97. The third kappa shape index (κ3) is 5.21.